The summed E-state index contributed by atoms with van der Waals surface area (Å²) in [7, 11) is 1.80. The molecule has 1 saturated heterocycles. The average Bonchev–Trinajstić information content (AvgIpc) is 3.49. The lowest BCUT2D eigenvalue weighted by molar-refractivity contribution is 0.577. The highest BCUT2D eigenvalue weighted by molar-refractivity contribution is 5.80. The molecule has 0 bridgehead atoms. The molecule has 1 unspecified atom stereocenters. The third-order valence-electron chi connectivity index (χ3n) is 5.08. The lowest BCUT2D eigenvalue weighted by Crippen LogP contribution is -2.45. The van der Waals surface area contributed by atoms with Gasteiger partial charge in [0.2, 0.25) is 5.82 Å². The number of hydrogen-bond acceptors (Lipinski definition) is 5. The van der Waals surface area contributed by atoms with Gasteiger partial charge in [-0.25, -0.2) is 4.98 Å². The van der Waals surface area contributed by atoms with Crippen molar-refractivity contribution in [3.05, 3.63) is 54.0 Å². The quantitative estimate of drug-likeness (QED) is 0.440. The van der Waals surface area contributed by atoms with Gasteiger partial charge < -0.3 is 20.0 Å². The second-order valence-electron chi connectivity index (χ2n) is 7.24. The molecule has 0 saturated carbocycles. The molecule has 1 atom stereocenters. The minimum absolute atomic E-state index is 0.373. The van der Waals surface area contributed by atoms with E-state index in [1.54, 1.807) is 13.3 Å². The Kier molecular flexibility index (Phi) is 5.79. The van der Waals surface area contributed by atoms with Crippen LogP contribution in [0.3, 0.4) is 0 Å². The van der Waals surface area contributed by atoms with Gasteiger partial charge >= 0.3 is 0 Å². The van der Waals surface area contributed by atoms with Crippen molar-refractivity contribution in [3.63, 3.8) is 0 Å². The van der Waals surface area contributed by atoms with E-state index in [0.29, 0.717) is 30.6 Å². The predicted molar refractivity (Wildman–Crippen MR) is 114 cm³/mol. The molecule has 1 aliphatic heterocycles. The summed E-state index contributed by atoms with van der Waals surface area (Å²) in [6, 6.07) is 12.8. The van der Waals surface area contributed by atoms with Gasteiger partial charge in [-0.3, -0.25) is 10.1 Å². The molecule has 0 amide bonds. The molecule has 29 heavy (non-hydrogen) atoms. The van der Waals surface area contributed by atoms with E-state index in [4.69, 9.17) is 4.42 Å². The first-order valence-electron chi connectivity index (χ1n) is 9.95. The maximum absolute atomic E-state index is 5.32. The van der Waals surface area contributed by atoms with Gasteiger partial charge in [0.05, 0.1) is 6.26 Å². The van der Waals surface area contributed by atoms with Crippen molar-refractivity contribution < 1.29 is 4.42 Å². The molecule has 3 N–H and O–H groups in total. The molecular weight excluding hydrogens is 366 g/mol. The minimum atomic E-state index is 0.373. The Morgan fingerprint density at radius 2 is 2.17 bits per heavy atom. The predicted octanol–water partition coefficient (Wildman–Crippen LogP) is 2.36. The third-order valence-corrected chi connectivity index (χ3v) is 5.08. The second kappa shape index (κ2) is 8.81. The Balaban J connectivity index is 1.23. The maximum Gasteiger partial charge on any atom is 0.216 e. The first kappa shape index (κ1) is 19.0. The molecular formula is C21H27N7O. The fraction of sp³-hybridized carbons (Fsp3) is 0.381. The first-order chi connectivity index (χ1) is 14.2. The van der Waals surface area contributed by atoms with Crippen molar-refractivity contribution in [3.8, 4) is 11.6 Å². The highest BCUT2D eigenvalue weighted by Gasteiger charge is 2.23. The van der Waals surface area contributed by atoms with Crippen LogP contribution in [0.5, 0.6) is 0 Å². The Labute approximate surface area is 170 Å². The Hall–Kier alpha value is -3.29. The molecule has 1 fully saturated rings. The molecule has 2 aromatic heterocycles. The number of anilines is 1. The number of aryl methyl sites for hydroxylation is 1. The number of nitrogens with one attached hydrogen (secondary N) is 3. The van der Waals surface area contributed by atoms with Crippen LogP contribution in [0.4, 0.5) is 5.69 Å². The summed E-state index contributed by atoms with van der Waals surface area (Å²) in [6.45, 7) is 4.84. The lowest BCUT2D eigenvalue weighted by Gasteiger charge is -2.20. The van der Waals surface area contributed by atoms with Crippen molar-refractivity contribution in [2.24, 2.45) is 4.99 Å². The number of guanidine groups is 1. The van der Waals surface area contributed by atoms with Crippen molar-refractivity contribution in [2.45, 2.75) is 25.8 Å². The zero-order valence-electron chi connectivity index (χ0n) is 16.9. The normalized spacial score (nSPS) is 17.0. The van der Waals surface area contributed by atoms with Gasteiger partial charge in [0.15, 0.2) is 11.7 Å². The van der Waals surface area contributed by atoms with Gasteiger partial charge in [-0.2, -0.15) is 5.10 Å². The van der Waals surface area contributed by atoms with Crippen LogP contribution in [-0.2, 0) is 6.42 Å². The summed E-state index contributed by atoms with van der Waals surface area (Å²) in [4.78, 5) is 11.2. The van der Waals surface area contributed by atoms with Crippen LogP contribution in [0.15, 0.2) is 52.1 Å². The Morgan fingerprint density at radius 1 is 1.31 bits per heavy atom. The topological polar surface area (TPSA) is 94.4 Å². The fourth-order valence-electron chi connectivity index (χ4n) is 3.48. The number of aliphatic imine (C=N–C) groups is 1. The molecule has 8 heteroatoms. The second-order valence-corrected chi connectivity index (χ2v) is 7.24. The zero-order chi connectivity index (χ0) is 20.1. The number of aromatic nitrogens is 3. The fourth-order valence-corrected chi connectivity index (χ4v) is 3.48. The number of rotatable bonds is 6. The number of nitrogens with zero attached hydrogens (tertiary/aromatic N) is 4. The number of H-pyrrole nitrogens is 1. The molecule has 8 nitrogen and oxygen atoms in total. The van der Waals surface area contributed by atoms with E-state index in [9.17, 15) is 0 Å². The molecule has 1 aromatic carbocycles. The van der Waals surface area contributed by atoms with Crippen LogP contribution in [-0.4, -0.2) is 53.9 Å². The van der Waals surface area contributed by atoms with Gasteiger partial charge in [-0.15, -0.1) is 0 Å². The zero-order valence-corrected chi connectivity index (χ0v) is 16.9. The first-order valence-corrected chi connectivity index (χ1v) is 9.95. The van der Waals surface area contributed by atoms with Gasteiger partial charge in [0.1, 0.15) is 5.82 Å². The molecule has 3 heterocycles. The van der Waals surface area contributed by atoms with Crippen LogP contribution >= 0.6 is 0 Å². The summed E-state index contributed by atoms with van der Waals surface area (Å²) in [5.41, 5.74) is 2.57. The lowest BCUT2D eigenvalue weighted by atomic mass is 10.2. The van der Waals surface area contributed by atoms with E-state index in [-0.39, 0.29) is 0 Å². The van der Waals surface area contributed by atoms with E-state index >= 15 is 0 Å². The minimum Gasteiger partial charge on any atom is -0.461 e. The standard InChI is InChI=1S/C21H27N7O/c1-15-5-7-17(8-6-15)28-12-10-16(14-28)24-21(22-2)23-11-9-19-25-20(27-26-19)18-4-3-13-29-18/h3-8,13,16H,9-12,14H2,1-2H3,(H2,22,23,24)(H,25,26,27). The van der Waals surface area contributed by atoms with Crippen molar-refractivity contribution >= 4 is 11.6 Å². The number of furan rings is 1. The summed E-state index contributed by atoms with van der Waals surface area (Å²) in [6.07, 6.45) is 3.42. The molecule has 0 spiro atoms. The summed E-state index contributed by atoms with van der Waals surface area (Å²) < 4.78 is 5.32. The van der Waals surface area contributed by atoms with E-state index in [2.05, 4.69) is 66.9 Å². The maximum atomic E-state index is 5.32. The van der Waals surface area contributed by atoms with Crippen LogP contribution in [0.25, 0.3) is 11.6 Å². The Bertz CT molecular complexity index is 930. The number of benzene rings is 1. The largest absolute Gasteiger partial charge is 0.461 e. The SMILES string of the molecule is CN=C(NCCc1nc(-c2ccco2)n[nH]1)NC1CCN(c2ccc(C)cc2)C1. The highest BCUT2D eigenvalue weighted by atomic mass is 16.3. The van der Waals surface area contributed by atoms with E-state index in [1.165, 1.54) is 11.3 Å². The molecule has 3 aromatic rings. The van der Waals surface area contributed by atoms with E-state index in [0.717, 1.165) is 31.3 Å². The highest BCUT2D eigenvalue weighted by Crippen LogP contribution is 2.20. The van der Waals surface area contributed by atoms with Crippen LogP contribution < -0.4 is 15.5 Å². The van der Waals surface area contributed by atoms with E-state index in [1.807, 2.05) is 12.1 Å². The Morgan fingerprint density at radius 3 is 2.93 bits per heavy atom. The molecule has 0 aliphatic carbocycles. The van der Waals surface area contributed by atoms with Crippen LogP contribution in [0.2, 0.25) is 0 Å². The third kappa shape index (κ3) is 4.77. The molecule has 0 radical (unpaired) electrons. The summed E-state index contributed by atoms with van der Waals surface area (Å²) >= 11 is 0. The number of aromatic amines is 1. The molecule has 4 rings (SSSR count). The van der Waals surface area contributed by atoms with Crippen LogP contribution in [0, 0.1) is 6.92 Å². The average molecular weight is 393 g/mol. The molecule has 152 valence electrons. The van der Waals surface area contributed by atoms with Crippen LogP contribution in [0.1, 0.15) is 17.8 Å². The summed E-state index contributed by atoms with van der Waals surface area (Å²) in [5, 5.41) is 14.0. The smallest absolute Gasteiger partial charge is 0.216 e. The summed E-state index contributed by atoms with van der Waals surface area (Å²) in [5.74, 6) is 2.87. The number of hydrogen-bond donors (Lipinski definition) is 3. The van der Waals surface area contributed by atoms with Crippen molar-refractivity contribution in [1.29, 1.82) is 0 Å². The van der Waals surface area contributed by atoms with E-state index < -0.39 is 0 Å². The van der Waals surface area contributed by atoms with Gasteiger partial charge in [-0.05, 0) is 37.6 Å². The van der Waals surface area contributed by atoms with Gasteiger partial charge in [0, 0.05) is 44.8 Å². The van der Waals surface area contributed by atoms with Gasteiger partial charge in [0.25, 0.3) is 0 Å². The monoisotopic (exact) mass is 393 g/mol. The molecule has 1 aliphatic rings. The van der Waals surface area contributed by atoms with Gasteiger partial charge in [-0.1, -0.05) is 17.7 Å². The van der Waals surface area contributed by atoms with Crippen molar-refractivity contribution in [2.75, 3.05) is 31.6 Å². The van der Waals surface area contributed by atoms with Crippen molar-refractivity contribution in [1.82, 2.24) is 25.8 Å².